The van der Waals surface area contributed by atoms with Crippen LogP contribution in [0, 0.1) is 6.42 Å². The number of rotatable bonds is 16. The minimum Gasteiger partial charge on any atom is -0.664 e. The third-order valence-corrected chi connectivity index (χ3v) is 13.5. The standard InChI is InChI=1S/C34H32N3.C20H18N.C13H11.C7H7N.2CH4.3K/c1-3-13-27(14-4-1)32(28-15-5-2-6-16-28)26-30(34-19-9-12-24-37-34)25-29(33-18-8-11-23-36-33)20-21-31-17-7-10-22-35-31;1-3-9-17(10-4-1)20(18-11-5-2-6-12-18)15-14-19-13-7-8-16-21-19;1-3-7-12(8-4-1)11-13-9-5-2-6-10-13;1-2-7-5-3-4-6-8-7;;;;;/h1-19,21-24,29-30,32H,20,25-26H2;1-14,16,20H,15H2;1-11H;2-6H,1H2;2*1H4;;;/q3*-1;;;;3*+1. The van der Waals surface area contributed by atoms with Crippen molar-refractivity contribution in [1.29, 1.82) is 0 Å². The summed E-state index contributed by atoms with van der Waals surface area (Å²) < 4.78 is 0. The average Bonchev–Trinajstić information content (AvgIpc) is 3.71. The van der Waals surface area contributed by atoms with Gasteiger partial charge in [-0.25, -0.2) is 0 Å². The maximum absolute atomic E-state index is 4.84. The first kappa shape index (κ1) is 73.6. The van der Waals surface area contributed by atoms with E-state index in [1.165, 1.54) is 33.4 Å². The van der Waals surface area contributed by atoms with E-state index in [0.717, 1.165) is 54.2 Å². The van der Waals surface area contributed by atoms with Crippen molar-refractivity contribution in [2.75, 3.05) is 0 Å². The Hall–Kier alpha value is -4.67. The molecule has 5 nitrogen and oxygen atoms in total. The predicted octanol–water partition coefficient (Wildman–Crippen LogP) is 11.6. The van der Waals surface area contributed by atoms with Crippen molar-refractivity contribution in [2.24, 2.45) is 0 Å². The first-order valence-corrected chi connectivity index (χ1v) is 27.2. The van der Waals surface area contributed by atoms with Crippen molar-refractivity contribution < 1.29 is 154 Å². The molecule has 8 heteroatoms. The second kappa shape index (κ2) is 43.9. The molecule has 2 aliphatic heterocycles. The minimum absolute atomic E-state index is 0. The summed E-state index contributed by atoms with van der Waals surface area (Å²) in [6.45, 7) is 3.57. The molecule has 8 aromatic rings. The van der Waals surface area contributed by atoms with E-state index in [-0.39, 0.29) is 187 Å². The molecule has 11 rings (SSSR count). The van der Waals surface area contributed by atoms with E-state index in [4.69, 9.17) is 9.97 Å². The third-order valence-electron chi connectivity index (χ3n) is 13.5. The van der Waals surface area contributed by atoms with Gasteiger partial charge in [0.05, 0.1) is 5.69 Å². The minimum atomic E-state index is 0. The molecule has 3 aromatic heterocycles. The Morgan fingerprint density at radius 1 is 0.417 bits per heavy atom. The summed E-state index contributed by atoms with van der Waals surface area (Å²) in [4.78, 5) is 13.6. The zero-order chi connectivity index (χ0) is 54.2. The van der Waals surface area contributed by atoms with Gasteiger partial charge in [0.1, 0.15) is 0 Å². The molecule has 0 N–H and O–H groups in total. The van der Waals surface area contributed by atoms with Crippen LogP contribution in [0.15, 0.2) is 334 Å². The maximum Gasteiger partial charge on any atom is 1.00 e. The van der Waals surface area contributed by atoms with Crippen molar-refractivity contribution in [3.63, 3.8) is 0 Å². The fourth-order valence-corrected chi connectivity index (χ4v) is 9.49. The Morgan fingerprint density at radius 2 is 0.845 bits per heavy atom. The number of aromatic nitrogens is 3. The second-order valence-corrected chi connectivity index (χ2v) is 18.9. The molecule has 0 amide bonds. The molecule has 1 aliphatic carbocycles. The number of hydrogen-bond acceptors (Lipinski definition) is 3. The van der Waals surface area contributed by atoms with Crippen molar-refractivity contribution in [3.05, 3.63) is 396 Å². The van der Waals surface area contributed by atoms with E-state index in [0.29, 0.717) is 5.92 Å². The summed E-state index contributed by atoms with van der Waals surface area (Å²) in [6.07, 6.45) is 43.8. The Balaban J connectivity index is 0.000000331. The van der Waals surface area contributed by atoms with E-state index >= 15 is 0 Å². The summed E-state index contributed by atoms with van der Waals surface area (Å²) in [7, 11) is 0. The molecule has 2 atom stereocenters. The number of hydrogen-bond donors (Lipinski definition) is 0. The van der Waals surface area contributed by atoms with E-state index < -0.39 is 0 Å². The van der Waals surface area contributed by atoms with Gasteiger partial charge in [0.25, 0.3) is 0 Å². The topological polar surface area (TPSA) is 66.9 Å². The fraction of sp³-hybridized carbons (Fsp3) is 0.132. The normalized spacial score (nSPS) is 14.1. The van der Waals surface area contributed by atoms with Gasteiger partial charge >= 0.3 is 154 Å². The van der Waals surface area contributed by atoms with Crippen LogP contribution in [-0.4, -0.2) is 15.0 Å². The Morgan fingerprint density at radius 3 is 1.25 bits per heavy atom. The van der Waals surface area contributed by atoms with Gasteiger partial charge in [-0.05, 0) is 90.4 Å². The number of nitrogens with zero attached hydrogens (tertiary/aromatic N) is 5. The predicted molar refractivity (Wildman–Crippen MR) is 346 cm³/mol. The van der Waals surface area contributed by atoms with Crippen LogP contribution in [0.3, 0.4) is 0 Å². The van der Waals surface area contributed by atoms with Gasteiger partial charge in [-0.2, -0.15) is 12.4 Å². The SMILES string of the molecule is C.C.C1=C[CH-]C(=Cc2ccccc2)C=C1.C1=C[N-]C(=CCC(CC(CC(c2ccccc2)c2ccccc2)c2ccccn2)c2ccccn2)C=C1.C1=C[N-]C(=CCC(c2ccccc2)c2ccccc2)C=C1.C=Cc1ccccn1.[K+].[K+].[K+]. The summed E-state index contributed by atoms with van der Waals surface area (Å²) in [5.41, 5.74) is 13.1. The number of benzene rings is 5. The van der Waals surface area contributed by atoms with Gasteiger partial charge in [0, 0.05) is 53.7 Å². The molecule has 2 unspecified atom stereocenters. The summed E-state index contributed by atoms with van der Waals surface area (Å²) >= 11 is 0. The molecule has 84 heavy (non-hydrogen) atoms. The first-order valence-electron chi connectivity index (χ1n) is 27.2. The maximum atomic E-state index is 4.84. The van der Waals surface area contributed by atoms with Gasteiger partial charge in [0.2, 0.25) is 0 Å². The van der Waals surface area contributed by atoms with E-state index in [1.54, 1.807) is 12.3 Å². The monoisotopic (exact) mass is 1180 g/mol. The quantitative estimate of drug-likeness (QED) is 0.0715. The molecule has 0 bridgehead atoms. The van der Waals surface area contributed by atoms with E-state index in [2.05, 4.69) is 241 Å². The Labute approximate surface area is 631 Å². The number of allylic oxidation sites excluding steroid dienone is 13. The van der Waals surface area contributed by atoms with Crippen molar-refractivity contribution >= 4 is 12.2 Å². The Bertz CT molecular complexity index is 3230. The van der Waals surface area contributed by atoms with Crippen LogP contribution < -0.4 is 154 Å². The van der Waals surface area contributed by atoms with Crippen molar-refractivity contribution in [1.82, 2.24) is 15.0 Å². The molecule has 3 aliphatic rings. The van der Waals surface area contributed by atoms with Crippen LogP contribution in [0.25, 0.3) is 22.8 Å². The average molecular weight is 1180 g/mol. The van der Waals surface area contributed by atoms with E-state index in [1.807, 2.05) is 97.6 Å². The van der Waals surface area contributed by atoms with Gasteiger partial charge in [-0.3, -0.25) is 15.0 Å². The fourth-order valence-electron chi connectivity index (χ4n) is 9.49. The largest absolute Gasteiger partial charge is 1.00 e. The van der Waals surface area contributed by atoms with Gasteiger partial charge in [0.15, 0.2) is 0 Å². The van der Waals surface area contributed by atoms with Crippen molar-refractivity contribution in [2.45, 2.75) is 64.2 Å². The molecule has 0 fully saturated rings. The zero-order valence-electron chi connectivity index (χ0n) is 47.8. The van der Waals surface area contributed by atoms with Gasteiger partial charge < -0.3 is 10.6 Å². The van der Waals surface area contributed by atoms with Gasteiger partial charge in [-0.15, -0.1) is 53.8 Å². The summed E-state index contributed by atoms with van der Waals surface area (Å²) in [5, 5.41) is 8.90. The van der Waals surface area contributed by atoms with Crippen LogP contribution in [0.5, 0.6) is 0 Å². The van der Waals surface area contributed by atoms with Crippen LogP contribution in [0.1, 0.15) is 109 Å². The molecule has 0 saturated heterocycles. The molecule has 0 saturated carbocycles. The Kier molecular flexibility index (Phi) is 38.4. The molecule has 0 radical (unpaired) electrons. The first-order chi connectivity index (χ1) is 39.2. The molecule has 0 spiro atoms. The smallest absolute Gasteiger partial charge is 0.664 e. The van der Waals surface area contributed by atoms with Crippen LogP contribution in [0.4, 0.5) is 0 Å². The molecule has 408 valence electrons. The molecular formula is C76H76K3N5. The summed E-state index contributed by atoms with van der Waals surface area (Å²) in [6, 6.07) is 71.6. The van der Waals surface area contributed by atoms with E-state index in [9.17, 15) is 0 Å². The van der Waals surface area contributed by atoms with Crippen LogP contribution >= 0.6 is 0 Å². The third kappa shape index (κ3) is 26.1. The molecule has 5 aromatic carbocycles. The van der Waals surface area contributed by atoms with Crippen molar-refractivity contribution in [3.8, 4) is 0 Å². The van der Waals surface area contributed by atoms with Gasteiger partial charge in [-0.1, -0.05) is 245 Å². The molecule has 5 heterocycles. The van der Waals surface area contributed by atoms with Crippen LogP contribution in [0.2, 0.25) is 0 Å². The molecular weight excluding hydrogens is 1100 g/mol. The summed E-state index contributed by atoms with van der Waals surface area (Å²) in [5.74, 6) is 1.16. The second-order valence-electron chi connectivity index (χ2n) is 18.9. The van der Waals surface area contributed by atoms with Crippen LogP contribution in [-0.2, 0) is 0 Å². The number of pyridine rings is 3. The zero-order valence-corrected chi connectivity index (χ0v) is 57.1.